The van der Waals surface area contributed by atoms with Crippen molar-refractivity contribution >= 4 is 10.8 Å². The molecule has 0 bridgehead atoms. The fraction of sp³-hybridized carbons (Fsp3) is 0.458. The van der Waals surface area contributed by atoms with Crippen LogP contribution in [0.15, 0.2) is 54.1 Å². The molecule has 2 aromatic rings. The molecule has 0 saturated carbocycles. The highest BCUT2D eigenvalue weighted by Gasteiger charge is 2.34. The van der Waals surface area contributed by atoms with Crippen molar-refractivity contribution in [3.63, 3.8) is 0 Å². The van der Waals surface area contributed by atoms with E-state index in [9.17, 15) is 5.26 Å². The normalized spacial score (nSPS) is 17.4. The highest BCUT2D eigenvalue weighted by atomic mass is 15.1. The van der Waals surface area contributed by atoms with Crippen molar-refractivity contribution < 1.29 is 4.90 Å². The Morgan fingerprint density at radius 3 is 2.54 bits per heavy atom. The number of nitriles is 1. The lowest BCUT2D eigenvalue weighted by Gasteiger charge is -2.31. The van der Waals surface area contributed by atoms with Gasteiger partial charge in [-0.2, -0.15) is 5.26 Å². The number of likely N-dealkylation sites (tertiary alicyclic amines) is 1. The summed E-state index contributed by atoms with van der Waals surface area (Å²) in [4.78, 5) is 1.67. The van der Waals surface area contributed by atoms with Gasteiger partial charge in [-0.15, -0.1) is 0 Å². The fourth-order valence-corrected chi connectivity index (χ4v) is 4.22. The number of benzene rings is 2. The molecular formula is C24H31N2+. The lowest BCUT2D eigenvalue weighted by molar-refractivity contribution is -0.905. The molecule has 3 rings (SSSR count). The molecule has 1 fully saturated rings. The van der Waals surface area contributed by atoms with Gasteiger partial charge in [-0.25, -0.2) is 0 Å². The first kappa shape index (κ1) is 18.7. The number of quaternary nitrogens is 1. The summed E-state index contributed by atoms with van der Waals surface area (Å²) in [5, 5.41) is 12.8. The van der Waals surface area contributed by atoms with Gasteiger partial charge in [0.1, 0.15) is 0 Å². The van der Waals surface area contributed by atoms with E-state index in [0.717, 1.165) is 19.4 Å². The molecule has 2 nitrogen and oxygen atoms in total. The highest BCUT2D eigenvalue weighted by molar-refractivity contribution is 5.87. The Balaban J connectivity index is 1.98. The molecule has 0 amide bonds. The molecule has 1 atom stereocenters. The second-order valence-electron chi connectivity index (χ2n) is 8.02. The Hall–Kier alpha value is -2.11. The van der Waals surface area contributed by atoms with Gasteiger partial charge >= 0.3 is 0 Å². The molecule has 0 unspecified atom stereocenters. The van der Waals surface area contributed by atoms with E-state index in [4.69, 9.17) is 0 Å². The van der Waals surface area contributed by atoms with E-state index in [2.05, 4.69) is 68.5 Å². The van der Waals surface area contributed by atoms with Crippen LogP contribution in [0, 0.1) is 11.3 Å². The average molecular weight is 348 g/mol. The van der Waals surface area contributed by atoms with E-state index >= 15 is 0 Å². The molecule has 1 saturated heterocycles. The van der Waals surface area contributed by atoms with E-state index in [1.807, 2.05) is 0 Å². The quantitative estimate of drug-likeness (QED) is 0.770. The van der Waals surface area contributed by atoms with Crippen LogP contribution in [0.25, 0.3) is 10.8 Å². The van der Waals surface area contributed by atoms with Crippen molar-refractivity contribution in [2.75, 3.05) is 19.6 Å². The molecule has 0 aliphatic carbocycles. The van der Waals surface area contributed by atoms with Crippen LogP contribution in [0.1, 0.15) is 51.5 Å². The number of nitrogens with one attached hydrogen (secondary N) is 1. The Bertz CT molecular complexity index is 799. The summed E-state index contributed by atoms with van der Waals surface area (Å²) in [6, 6.07) is 17.7. The molecule has 136 valence electrons. The number of piperidine rings is 1. The maximum absolute atomic E-state index is 10.3. The third-order valence-electron chi connectivity index (χ3n) is 5.84. The number of fused-ring (bicyclic) bond motifs is 1. The highest BCUT2D eigenvalue weighted by Crippen LogP contribution is 2.36. The largest absolute Gasteiger partial charge is 0.335 e. The smallest absolute Gasteiger partial charge is 0.0915 e. The van der Waals surface area contributed by atoms with Crippen molar-refractivity contribution in [3.05, 3.63) is 59.7 Å². The molecule has 2 aromatic carbocycles. The second kappa shape index (κ2) is 8.52. The van der Waals surface area contributed by atoms with Gasteiger partial charge in [-0.05, 0) is 55.9 Å². The van der Waals surface area contributed by atoms with E-state index in [-0.39, 0.29) is 0 Å². The minimum Gasteiger partial charge on any atom is -0.335 e. The molecule has 26 heavy (non-hydrogen) atoms. The zero-order valence-electron chi connectivity index (χ0n) is 16.2. The van der Waals surface area contributed by atoms with Crippen molar-refractivity contribution in [2.24, 2.45) is 0 Å². The van der Waals surface area contributed by atoms with E-state index in [0.29, 0.717) is 0 Å². The van der Waals surface area contributed by atoms with Crippen molar-refractivity contribution in [2.45, 2.75) is 51.4 Å². The first-order valence-corrected chi connectivity index (χ1v) is 10.0. The van der Waals surface area contributed by atoms with Gasteiger partial charge in [0.25, 0.3) is 0 Å². The van der Waals surface area contributed by atoms with Crippen molar-refractivity contribution in [1.82, 2.24) is 0 Å². The molecule has 0 radical (unpaired) electrons. The first-order valence-electron chi connectivity index (χ1n) is 10.0. The van der Waals surface area contributed by atoms with Gasteiger partial charge < -0.3 is 4.90 Å². The monoisotopic (exact) mass is 347 g/mol. The minimum atomic E-state index is -0.442. The first-order chi connectivity index (χ1) is 12.6. The molecule has 1 aliphatic rings. The van der Waals surface area contributed by atoms with Crippen molar-refractivity contribution in [3.8, 4) is 6.07 Å². The van der Waals surface area contributed by atoms with Crippen LogP contribution < -0.4 is 4.90 Å². The summed E-state index contributed by atoms with van der Waals surface area (Å²) in [5.74, 6) is 0. The number of hydrogen-bond acceptors (Lipinski definition) is 1. The van der Waals surface area contributed by atoms with Gasteiger partial charge in [0.2, 0.25) is 0 Å². The zero-order chi connectivity index (χ0) is 18.4. The van der Waals surface area contributed by atoms with Gasteiger partial charge in [0.15, 0.2) is 0 Å². The van der Waals surface area contributed by atoms with Crippen LogP contribution in [-0.2, 0) is 5.41 Å². The topological polar surface area (TPSA) is 28.2 Å². The predicted octanol–water partition coefficient (Wildman–Crippen LogP) is 4.42. The third kappa shape index (κ3) is 4.17. The Kier molecular flexibility index (Phi) is 6.12. The Morgan fingerprint density at radius 1 is 1.08 bits per heavy atom. The van der Waals surface area contributed by atoms with Gasteiger partial charge in [0, 0.05) is 6.42 Å². The summed E-state index contributed by atoms with van der Waals surface area (Å²) in [6.07, 6.45) is 8.00. The Morgan fingerprint density at radius 2 is 1.81 bits per heavy atom. The number of rotatable bonds is 6. The summed E-state index contributed by atoms with van der Waals surface area (Å²) in [5.41, 5.74) is 2.05. The van der Waals surface area contributed by atoms with Crippen LogP contribution >= 0.6 is 0 Å². The minimum absolute atomic E-state index is 0.442. The van der Waals surface area contributed by atoms with Crippen LogP contribution in [0.2, 0.25) is 0 Å². The average Bonchev–Trinajstić information content (AvgIpc) is 2.69. The number of nitrogens with zero attached hydrogens (tertiary/aromatic N) is 1. The standard InChI is InChI=1S/C24H30N2/c1-20(2)13-14-24(19-25,15-18-26-16-6-3-7-17-26)23-12-8-10-21-9-4-5-11-22(21)23/h4-5,8-13H,3,6-7,14-18H2,1-2H3/p+1/t24-/m0/s1. The van der Waals surface area contributed by atoms with Gasteiger partial charge in [-0.3, -0.25) is 0 Å². The molecule has 2 heteroatoms. The maximum Gasteiger partial charge on any atom is 0.0915 e. The van der Waals surface area contributed by atoms with Crippen LogP contribution in [0.4, 0.5) is 0 Å². The summed E-state index contributed by atoms with van der Waals surface area (Å²) < 4.78 is 0. The van der Waals surface area contributed by atoms with Crippen molar-refractivity contribution in [1.29, 1.82) is 5.26 Å². The predicted molar refractivity (Wildman–Crippen MR) is 109 cm³/mol. The molecule has 1 aliphatic heterocycles. The molecule has 1 N–H and O–H groups in total. The SMILES string of the molecule is CC(C)=CC[C@@](C#N)(CC[NH+]1CCCCC1)c1cccc2ccccc12. The summed E-state index contributed by atoms with van der Waals surface area (Å²) in [7, 11) is 0. The van der Waals surface area contributed by atoms with Crippen LogP contribution in [0.3, 0.4) is 0 Å². The van der Waals surface area contributed by atoms with E-state index < -0.39 is 5.41 Å². The van der Waals surface area contributed by atoms with E-state index in [1.54, 1.807) is 4.90 Å². The fourth-order valence-electron chi connectivity index (χ4n) is 4.22. The molecule has 0 aromatic heterocycles. The Labute approximate surface area is 158 Å². The lowest BCUT2D eigenvalue weighted by atomic mass is 9.73. The third-order valence-corrected chi connectivity index (χ3v) is 5.84. The van der Waals surface area contributed by atoms with Crippen LogP contribution in [0.5, 0.6) is 0 Å². The number of allylic oxidation sites excluding steroid dienone is 2. The molecule has 0 spiro atoms. The lowest BCUT2D eigenvalue weighted by Crippen LogP contribution is -3.13. The van der Waals surface area contributed by atoms with Crippen LogP contribution in [-0.4, -0.2) is 19.6 Å². The summed E-state index contributed by atoms with van der Waals surface area (Å²) in [6.45, 7) is 7.87. The van der Waals surface area contributed by atoms with Gasteiger partial charge in [-0.1, -0.05) is 54.1 Å². The summed E-state index contributed by atoms with van der Waals surface area (Å²) >= 11 is 0. The molecule has 1 heterocycles. The zero-order valence-corrected chi connectivity index (χ0v) is 16.2. The van der Waals surface area contributed by atoms with Gasteiger partial charge in [0.05, 0.1) is 31.1 Å². The van der Waals surface area contributed by atoms with E-state index in [1.165, 1.54) is 54.3 Å². The maximum atomic E-state index is 10.3. The molecular weight excluding hydrogens is 316 g/mol. The number of hydrogen-bond donors (Lipinski definition) is 1. The second-order valence-corrected chi connectivity index (χ2v) is 8.02.